The third-order valence-electron chi connectivity index (χ3n) is 7.96. The van der Waals surface area contributed by atoms with Crippen molar-refractivity contribution < 1.29 is 47.6 Å². The van der Waals surface area contributed by atoms with Gasteiger partial charge in [-0.2, -0.15) is 0 Å². The predicted molar refractivity (Wildman–Crippen MR) is 175 cm³/mol. The van der Waals surface area contributed by atoms with E-state index in [1.807, 2.05) is 0 Å². The van der Waals surface area contributed by atoms with Crippen LogP contribution in [0.3, 0.4) is 0 Å². The van der Waals surface area contributed by atoms with Gasteiger partial charge in [-0.3, -0.25) is 32.8 Å². The number of carbonyl (C=O) groups excluding carboxylic acids is 1. The van der Waals surface area contributed by atoms with Gasteiger partial charge in [0.1, 0.15) is 48.2 Å². The van der Waals surface area contributed by atoms with E-state index in [0.717, 1.165) is 22.0 Å². The van der Waals surface area contributed by atoms with E-state index in [0.29, 0.717) is 16.7 Å². The second kappa shape index (κ2) is 15.1. The summed E-state index contributed by atoms with van der Waals surface area (Å²) in [6.07, 6.45) is -3.36. The quantitative estimate of drug-likeness (QED) is 0.0844. The number of nitrogen functional groups attached to an aromatic ring is 1. The lowest BCUT2D eigenvalue weighted by Gasteiger charge is -2.28. The number of benzene rings is 1. The maximum atomic E-state index is 14.6. The molecule has 0 amide bonds. The fraction of sp³-hybridized carbons (Fsp3) is 0.448. The fourth-order valence-electron chi connectivity index (χ4n) is 5.63. The summed E-state index contributed by atoms with van der Waals surface area (Å²) in [4.78, 5) is 50.3. The molecule has 4 aromatic rings. The van der Waals surface area contributed by atoms with Crippen molar-refractivity contribution in [3.8, 4) is 5.75 Å². The molecule has 0 aliphatic carbocycles. The summed E-state index contributed by atoms with van der Waals surface area (Å²) < 4.78 is 52.1. The van der Waals surface area contributed by atoms with Crippen LogP contribution in [0.5, 0.6) is 5.75 Å². The van der Waals surface area contributed by atoms with E-state index in [4.69, 9.17) is 33.7 Å². The standard InChI is InChI=1S/C29H34N7O12PS/c1-15(38)45-17-5-3-4-16(8-17)12-50-49(42,48-24-19(10-37)47-28(25(24)43-2)35-7-6-21(40)34-29(35)41)44-11-20-18(39)9-22(46-20)36-14-33-23-26(30)31-13-32-27(23)36/h3-8,13-14,18-20,22,24-25,28,37,39H,9-12H2,1-2H3,(H2,30,31,32)(H,34,40,41)/t18?,19-,20-,22-,24?,25?,28-,49?/m1/s1. The van der Waals surface area contributed by atoms with Gasteiger partial charge in [-0.05, 0) is 29.1 Å². The summed E-state index contributed by atoms with van der Waals surface area (Å²) >= 11 is 0.784. The largest absolute Gasteiger partial charge is 0.427 e. The molecule has 0 radical (unpaired) electrons. The number of hydrogen-bond donors (Lipinski definition) is 4. The summed E-state index contributed by atoms with van der Waals surface area (Å²) in [6.45, 7) is -4.02. The highest BCUT2D eigenvalue weighted by Crippen LogP contribution is 2.64. The summed E-state index contributed by atoms with van der Waals surface area (Å²) in [5, 5.41) is 21.2. The molecule has 19 nitrogen and oxygen atoms in total. The van der Waals surface area contributed by atoms with Crippen molar-refractivity contribution in [2.45, 2.75) is 62.1 Å². The van der Waals surface area contributed by atoms with Gasteiger partial charge in [0.15, 0.2) is 17.7 Å². The minimum Gasteiger partial charge on any atom is -0.427 e. The first-order valence-corrected chi connectivity index (χ1v) is 18.3. The van der Waals surface area contributed by atoms with Crippen molar-refractivity contribution in [1.82, 2.24) is 29.1 Å². The first-order chi connectivity index (χ1) is 24.0. The molecule has 6 rings (SSSR count). The number of ether oxygens (including phenoxy) is 4. The Morgan fingerprint density at radius 1 is 1.16 bits per heavy atom. The van der Waals surface area contributed by atoms with Crippen molar-refractivity contribution >= 4 is 41.1 Å². The Morgan fingerprint density at radius 3 is 2.72 bits per heavy atom. The van der Waals surface area contributed by atoms with Gasteiger partial charge < -0.3 is 34.9 Å². The molecular weight excluding hydrogens is 701 g/mol. The molecule has 21 heteroatoms. The number of nitrogens with two attached hydrogens (primary N) is 1. The fourth-order valence-corrected chi connectivity index (χ4v) is 9.01. The molecule has 2 aliphatic rings. The number of aliphatic hydroxyl groups excluding tert-OH is 2. The topological polar surface area (TPSA) is 254 Å². The molecule has 0 bridgehead atoms. The van der Waals surface area contributed by atoms with Crippen molar-refractivity contribution in [3.05, 3.63) is 75.6 Å². The maximum Gasteiger partial charge on any atom is 0.389 e. The molecule has 5 N–H and O–H groups in total. The van der Waals surface area contributed by atoms with Crippen LogP contribution in [0, 0.1) is 0 Å². The summed E-state index contributed by atoms with van der Waals surface area (Å²) in [7, 11) is 1.31. The van der Waals surface area contributed by atoms with E-state index in [1.165, 1.54) is 32.9 Å². The zero-order chi connectivity index (χ0) is 35.6. The van der Waals surface area contributed by atoms with Gasteiger partial charge in [-0.25, -0.2) is 24.3 Å². The third kappa shape index (κ3) is 7.68. The highest BCUT2D eigenvalue weighted by atomic mass is 32.7. The number of rotatable bonds is 13. The molecule has 3 aromatic heterocycles. The van der Waals surface area contributed by atoms with Crippen molar-refractivity contribution in [1.29, 1.82) is 0 Å². The average molecular weight is 736 g/mol. The highest BCUT2D eigenvalue weighted by Gasteiger charge is 2.51. The van der Waals surface area contributed by atoms with Crippen LogP contribution in [0.1, 0.15) is 31.4 Å². The number of imidazole rings is 1. The molecule has 50 heavy (non-hydrogen) atoms. The minimum atomic E-state index is -4.27. The average Bonchev–Trinajstić information content (AvgIpc) is 3.78. The number of esters is 1. The number of hydrogen-bond acceptors (Lipinski definition) is 17. The van der Waals surface area contributed by atoms with Gasteiger partial charge in [0.25, 0.3) is 5.56 Å². The smallest absolute Gasteiger partial charge is 0.389 e. The molecule has 2 fully saturated rings. The van der Waals surface area contributed by atoms with Gasteiger partial charge in [-0.15, -0.1) is 0 Å². The van der Waals surface area contributed by atoms with E-state index >= 15 is 0 Å². The Labute approximate surface area is 286 Å². The molecule has 8 atom stereocenters. The molecule has 268 valence electrons. The Kier molecular flexibility index (Phi) is 10.8. The first-order valence-electron chi connectivity index (χ1n) is 15.2. The Bertz CT molecular complexity index is 2010. The number of aliphatic hydroxyl groups is 2. The number of nitrogens with one attached hydrogen (secondary N) is 1. The second-order valence-corrected chi connectivity index (χ2v) is 15.3. The SMILES string of the molecule is COC1C(OP(=O)(OC[C@H]2O[C@@H](n3cnc4c(N)ncnc43)CC2O)SCc2cccc(OC(C)=O)c2)[C@@H](CO)O[C@H]1n1ccc(=O)[nH]c1=O. The first kappa shape index (κ1) is 35.8. The molecule has 0 spiro atoms. The second-order valence-electron chi connectivity index (χ2n) is 11.3. The number of aromatic nitrogens is 6. The lowest BCUT2D eigenvalue weighted by atomic mass is 10.1. The molecule has 5 heterocycles. The lowest BCUT2D eigenvalue weighted by molar-refractivity contribution is -0.131. The van der Waals surface area contributed by atoms with Crippen molar-refractivity contribution in [3.63, 3.8) is 0 Å². The Balaban J connectivity index is 1.24. The number of methoxy groups -OCH3 is 1. The Morgan fingerprint density at radius 2 is 1.98 bits per heavy atom. The molecule has 2 saturated heterocycles. The van der Waals surface area contributed by atoms with Crippen LogP contribution in [-0.2, 0) is 38.4 Å². The van der Waals surface area contributed by atoms with Gasteiger partial charge >= 0.3 is 18.5 Å². The van der Waals surface area contributed by atoms with Crippen LogP contribution in [0.4, 0.5) is 5.82 Å². The van der Waals surface area contributed by atoms with E-state index in [2.05, 4.69) is 19.9 Å². The van der Waals surface area contributed by atoms with Gasteiger partial charge in [-0.1, -0.05) is 12.1 Å². The van der Waals surface area contributed by atoms with Crippen LogP contribution in [0.25, 0.3) is 11.2 Å². The monoisotopic (exact) mass is 735 g/mol. The number of H-pyrrole nitrogens is 1. The summed E-state index contributed by atoms with van der Waals surface area (Å²) in [5.74, 6) is -0.0145. The molecular formula is C29H34N7O12PS. The number of nitrogens with zero attached hydrogens (tertiary/aromatic N) is 5. The highest BCUT2D eigenvalue weighted by molar-refractivity contribution is 8.54. The zero-order valence-electron chi connectivity index (χ0n) is 26.6. The predicted octanol–water partition coefficient (Wildman–Crippen LogP) is 0.880. The van der Waals surface area contributed by atoms with E-state index in [9.17, 15) is 29.2 Å². The van der Waals surface area contributed by atoms with Crippen LogP contribution in [0.15, 0.2) is 58.8 Å². The van der Waals surface area contributed by atoms with Crippen molar-refractivity contribution in [2.75, 3.05) is 26.1 Å². The molecule has 0 saturated carbocycles. The minimum absolute atomic E-state index is 0.0447. The van der Waals surface area contributed by atoms with E-state index in [1.54, 1.807) is 28.8 Å². The maximum absolute atomic E-state index is 14.6. The van der Waals surface area contributed by atoms with Crippen molar-refractivity contribution in [2.24, 2.45) is 0 Å². The van der Waals surface area contributed by atoms with Crippen LogP contribution in [0.2, 0.25) is 0 Å². The lowest BCUT2D eigenvalue weighted by Crippen LogP contribution is -2.39. The summed E-state index contributed by atoms with van der Waals surface area (Å²) in [6, 6.07) is 7.66. The van der Waals surface area contributed by atoms with E-state index in [-0.39, 0.29) is 23.7 Å². The normalized spacial score (nSPS) is 26.3. The molecule has 2 aliphatic heterocycles. The number of fused-ring (bicyclic) bond motifs is 1. The van der Waals surface area contributed by atoms with Gasteiger partial charge in [0.2, 0.25) is 0 Å². The van der Waals surface area contributed by atoms with Crippen LogP contribution < -0.4 is 21.7 Å². The van der Waals surface area contributed by atoms with Gasteiger partial charge in [0.05, 0.1) is 25.6 Å². The zero-order valence-corrected chi connectivity index (χ0v) is 28.3. The van der Waals surface area contributed by atoms with E-state index < -0.39 is 80.2 Å². The number of aromatic amines is 1. The van der Waals surface area contributed by atoms with Gasteiger partial charge in [0, 0.05) is 38.5 Å². The van der Waals surface area contributed by atoms with Crippen LogP contribution in [-0.4, -0.2) is 96.1 Å². The molecule has 1 aromatic carbocycles. The number of anilines is 1. The Hall–Kier alpha value is -3.98. The summed E-state index contributed by atoms with van der Waals surface area (Å²) in [5.41, 5.74) is 5.85. The molecule has 4 unspecified atom stereocenters. The third-order valence-corrected chi connectivity index (χ3v) is 11.6. The van der Waals surface area contributed by atoms with Crippen LogP contribution >= 0.6 is 18.2 Å². The number of carbonyl (C=O) groups is 1.